The topological polar surface area (TPSA) is 199 Å². The molecular weight excluding hydrogens is 609 g/mol. The minimum Gasteiger partial charge on any atom is -0.387 e. The molecule has 0 saturated carbocycles. The van der Waals surface area contributed by atoms with E-state index in [4.69, 9.17) is 30.4 Å². The molecule has 3 aromatic rings. The van der Waals surface area contributed by atoms with Crippen LogP contribution in [0.3, 0.4) is 0 Å². The predicted octanol–water partition coefficient (Wildman–Crippen LogP) is 1.21. The van der Waals surface area contributed by atoms with Crippen LogP contribution in [0.1, 0.15) is 29.8 Å². The van der Waals surface area contributed by atoms with Gasteiger partial charge in [0.1, 0.15) is 12.2 Å². The van der Waals surface area contributed by atoms with Gasteiger partial charge in [-0.25, -0.2) is 9.36 Å². The molecule has 6 atom stereocenters. The highest BCUT2D eigenvalue weighted by atomic mass is 35.5. The number of benzene rings is 2. The summed E-state index contributed by atoms with van der Waals surface area (Å²) >= 11 is 6.09. The summed E-state index contributed by atoms with van der Waals surface area (Å²) in [6.07, 6.45) is -3.31. The Labute approximate surface area is 249 Å². The number of phosphoric ester groups is 1. The Morgan fingerprint density at radius 3 is 2.56 bits per heavy atom. The zero-order valence-corrected chi connectivity index (χ0v) is 24.5. The summed E-state index contributed by atoms with van der Waals surface area (Å²) < 4.78 is 31.0. The maximum absolute atomic E-state index is 14.5. The molecule has 0 spiro atoms. The van der Waals surface area contributed by atoms with Gasteiger partial charge in [-0.15, -0.1) is 0 Å². The zero-order valence-electron chi connectivity index (χ0n) is 22.9. The first-order chi connectivity index (χ1) is 20.3. The van der Waals surface area contributed by atoms with E-state index in [1.54, 1.807) is 24.3 Å². The maximum atomic E-state index is 14.5. The highest BCUT2D eigenvalue weighted by molar-refractivity contribution is 7.46. The van der Waals surface area contributed by atoms with Crippen LogP contribution >= 0.6 is 19.4 Å². The third kappa shape index (κ3) is 5.67. The molecule has 1 unspecified atom stereocenters. The number of hydrogen-bond donors (Lipinski definition) is 5. The molecule has 3 heterocycles. The van der Waals surface area contributed by atoms with Crippen molar-refractivity contribution in [2.75, 3.05) is 6.61 Å². The Balaban J connectivity index is 1.62. The molecule has 14 nitrogen and oxygen atoms in total. The summed E-state index contributed by atoms with van der Waals surface area (Å²) in [5.41, 5.74) is -3.25. The standard InChI is InChI=1S/C27H29ClN3O11P/c1-15-12-31(25(35)29-23(15)34)24-20-22(33)26(41-24,14-39-20)27(42-43(36,37)38,18-8-10-19(28)11-9-18)21(32)16(2)30-40-13-17-6-4-3-5-7-17/h3-12,16,20,22,24,30,33H,13-14H2,1-2H3,(H,29,34,35)(H2,36,37,38)/t16-,20-,22+,24+,26-,27?/m0/s1. The molecule has 2 bridgehead atoms. The lowest BCUT2D eigenvalue weighted by Crippen LogP contribution is -2.66. The van der Waals surface area contributed by atoms with Gasteiger partial charge in [-0.05, 0) is 37.1 Å². The van der Waals surface area contributed by atoms with Crippen molar-refractivity contribution in [3.63, 3.8) is 0 Å². The van der Waals surface area contributed by atoms with Crippen molar-refractivity contribution in [3.05, 3.63) is 103 Å². The molecule has 16 heteroatoms. The van der Waals surface area contributed by atoms with Crippen molar-refractivity contribution < 1.29 is 43.1 Å². The number of aliphatic hydroxyl groups excluding tert-OH is 1. The van der Waals surface area contributed by atoms with Crippen LogP contribution < -0.4 is 16.7 Å². The van der Waals surface area contributed by atoms with Gasteiger partial charge in [0.2, 0.25) is 0 Å². The fourth-order valence-electron chi connectivity index (χ4n) is 5.49. The van der Waals surface area contributed by atoms with Gasteiger partial charge in [0.15, 0.2) is 23.2 Å². The molecular formula is C27H29ClN3O11P. The smallest absolute Gasteiger partial charge is 0.387 e. The lowest BCUT2D eigenvalue weighted by atomic mass is 9.71. The van der Waals surface area contributed by atoms with E-state index in [0.717, 1.165) is 10.1 Å². The van der Waals surface area contributed by atoms with Crippen LogP contribution in [-0.2, 0) is 40.4 Å². The predicted molar refractivity (Wildman–Crippen MR) is 150 cm³/mol. The van der Waals surface area contributed by atoms with E-state index in [9.17, 15) is 33.8 Å². The summed E-state index contributed by atoms with van der Waals surface area (Å²) in [5, 5.41) is 11.9. The number of carbonyl (C=O) groups is 1. The monoisotopic (exact) mass is 637 g/mol. The van der Waals surface area contributed by atoms with Gasteiger partial charge in [0, 0.05) is 16.8 Å². The Bertz CT molecular complexity index is 1660. The fraction of sp³-hybridized carbons (Fsp3) is 0.370. The summed E-state index contributed by atoms with van der Waals surface area (Å²) in [7, 11) is -5.55. The number of hydrogen-bond acceptors (Lipinski definition) is 10. The van der Waals surface area contributed by atoms with E-state index < -0.39 is 67.1 Å². The van der Waals surface area contributed by atoms with E-state index >= 15 is 0 Å². The van der Waals surface area contributed by atoms with Crippen molar-refractivity contribution in [1.82, 2.24) is 15.0 Å². The molecule has 5 N–H and O–H groups in total. The third-order valence-corrected chi connectivity index (χ3v) is 8.26. The third-order valence-electron chi connectivity index (χ3n) is 7.50. The second kappa shape index (κ2) is 11.8. The minimum atomic E-state index is -5.55. The largest absolute Gasteiger partial charge is 0.471 e. The number of carbonyl (C=O) groups excluding carboxylic acids is 1. The SMILES string of the molecule is Cc1cn([C@@H]2O[C@@]3(C(OP(=O)(O)O)(C(=O)[C@H](C)NOCc4ccccc4)c4ccc(Cl)cc4)CO[C@H]2[C@H]3O)c(=O)[nH]c1=O. The average Bonchev–Trinajstić information content (AvgIpc) is 3.44. The number of fused-ring (bicyclic) bond motifs is 2. The molecule has 2 aliphatic rings. The lowest BCUT2D eigenvalue weighted by Gasteiger charge is -2.47. The normalized spacial score (nSPS) is 25.4. The van der Waals surface area contributed by atoms with Crippen molar-refractivity contribution in [2.45, 2.75) is 56.1 Å². The Hall–Kier alpha value is -3.01. The molecule has 230 valence electrons. The van der Waals surface area contributed by atoms with Crippen LogP contribution in [0.4, 0.5) is 0 Å². The Kier molecular flexibility index (Phi) is 8.64. The van der Waals surface area contributed by atoms with Crippen LogP contribution in [0, 0.1) is 6.92 Å². The molecule has 2 fully saturated rings. The molecule has 5 rings (SSSR count). The highest BCUT2D eigenvalue weighted by Crippen LogP contribution is 2.60. The number of halogens is 1. The minimum absolute atomic E-state index is 0.0394. The van der Waals surface area contributed by atoms with Gasteiger partial charge in [0.25, 0.3) is 5.56 Å². The number of aromatic nitrogens is 2. The number of ketones is 1. The number of phosphoric acid groups is 1. The van der Waals surface area contributed by atoms with Crippen LogP contribution in [0.2, 0.25) is 5.02 Å². The summed E-state index contributed by atoms with van der Waals surface area (Å²) in [4.78, 5) is 67.2. The average molecular weight is 638 g/mol. The molecule has 1 aromatic heterocycles. The van der Waals surface area contributed by atoms with E-state index in [1.165, 1.54) is 44.3 Å². The van der Waals surface area contributed by atoms with Crippen molar-refractivity contribution in [2.24, 2.45) is 0 Å². The number of H-pyrrole nitrogens is 1. The summed E-state index contributed by atoms with van der Waals surface area (Å²) in [6, 6.07) is 13.0. The molecule has 0 aliphatic carbocycles. The number of ether oxygens (including phenoxy) is 2. The number of aliphatic hydroxyl groups is 1. The van der Waals surface area contributed by atoms with Crippen LogP contribution in [0.15, 0.2) is 70.4 Å². The van der Waals surface area contributed by atoms with E-state index in [0.29, 0.717) is 0 Å². The first-order valence-corrected chi connectivity index (χ1v) is 15.0. The molecule has 2 saturated heterocycles. The first-order valence-electron chi connectivity index (χ1n) is 13.1. The summed E-state index contributed by atoms with van der Waals surface area (Å²) in [6.45, 7) is 2.28. The van der Waals surface area contributed by atoms with E-state index in [-0.39, 0.29) is 22.8 Å². The number of aromatic amines is 1. The van der Waals surface area contributed by atoms with Crippen LogP contribution in [-0.4, -0.2) is 60.7 Å². The number of aryl methyl sites for hydroxylation is 1. The zero-order chi connectivity index (χ0) is 31.2. The number of Topliss-reactive ketones (excluding diaryl/α,β-unsaturated/α-hetero) is 1. The molecule has 2 aliphatic heterocycles. The van der Waals surface area contributed by atoms with Crippen molar-refractivity contribution >= 4 is 25.2 Å². The van der Waals surface area contributed by atoms with Crippen LogP contribution in [0.5, 0.6) is 0 Å². The highest BCUT2D eigenvalue weighted by Gasteiger charge is 2.76. The van der Waals surface area contributed by atoms with E-state index in [2.05, 4.69) is 10.5 Å². The van der Waals surface area contributed by atoms with Gasteiger partial charge in [-0.1, -0.05) is 54.1 Å². The molecule has 0 radical (unpaired) electrons. The second-order valence-electron chi connectivity index (χ2n) is 10.3. The van der Waals surface area contributed by atoms with Crippen molar-refractivity contribution in [1.29, 1.82) is 0 Å². The Morgan fingerprint density at radius 1 is 1.23 bits per heavy atom. The first kappa shape index (κ1) is 31.4. The van der Waals surface area contributed by atoms with E-state index in [1.807, 2.05) is 6.07 Å². The molecule has 2 aromatic carbocycles. The van der Waals surface area contributed by atoms with Gasteiger partial charge in [-0.3, -0.25) is 28.5 Å². The molecule has 43 heavy (non-hydrogen) atoms. The Morgan fingerprint density at radius 2 is 1.91 bits per heavy atom. The van der Waals surface area contributed by atoms with Gasteiger partial charge in [-0.2, -0.15) is 5.48 Å². The molecule has 0 amide bonds. The number of nitrogens with zero attached hydrogens (tertiary/aromatic N) is 1. The van der Waals surface area contributed by atoms with Crippen LogP contribution in [0.25, 0.3) is 0 Å². The number of hydroxylamine groups is 1. The summed E-state index contributed by atoms with van der Waals surface area (Å²) in [5.74, 6) is -1.000. The number of rotatable bonds is 11. The van der Waals surface area contributed by atoms with Gasteiger partial charge < -0.3 is 24.4 Å². The van der Waals surface area contributed by atoms with Crippen molar-refractivity contribution in [3.8, 4) is 0 Å². The van der Waals surface area contributed by atoms with Gasteiger partial charge in [0.05, 0.1) is 19.3 Å². The maximum Gasteiger partial charge on any atom is 0.471 e. The quantitative estimate of drug-likeness (QED) is 0.149. The fourth-order valence-corrected chi connectivity index (χ4v) is 6.32. The number of nitrogens with one attached hydrogen (secondary N) is 2. The lowest BCUT2D eigenvalue weighted by molar-refractivity contribution is -0.242. The van der Waals surface area contributed by atoms with Gasteiger partial charge >= 0.3 is 13.5 Å². The second-order valence-corrected chi connectivity index (χ2v) is 11.9.